The molecule has 0 radical (unpaired) electrons. The Morgan fingerprint density at radius 2 is 1.70 bits per heavy atom. The molecule has 0 aromatic heterocycles. The first kappa shape index (κ1) is 19.2. The van der Waals surface area contributed by atoms with Crippen LogP contribution in [-0.2, 0) is 4.74 Å². The SMILES string of the molecule is CC(C)C(CNC(=O)OC(C)(C)C)CNc1cc(F)cc(F)c1. The van der Waals surface area contributed by atoms with Gasteiger partial charge < -0.3 is 15.4 Å². The van der Waals surface area contributed by atoms with Crippen molar-refractivity contribution in [3.8, 4) is 0 Å². The van der Waals surface area contributed by atoms with Crippen LogP contribution in [0.1, 0.15) is 34.6 Å². The van der Waals surface area contributed by atoms with Crippen molar-refractivity contribution in [1.29, 1.82) is 0 Å². The van der Waals surface area contributed by atoms with Crippen LogP contribution in [0.4, 0.5) is 19.3 Å². The number of benzene rings is 1. The lowest BCUT2D eigenvalue weighted by Crippen LogP contribution is -2.38. The molecular weight excluding hydrogens is 302 g/mol. The summed E-state index contributed by atoms with van der Waals surface area (Å²) in [5.41, 5.74) is -0.167. The van der Waals surface area contributed by atoms with E-state index in [0.717, 1.165) is 6.07 Å². The van der Waals surface area contributed by atoms with Gasteiger partial charge in [0.05, 0.1) is 0 Å². The second-order valence-corrected chi connectivity index (χ2v) is 6.93. The zero-order valence-electron chi connectivity index (χ0n) is 14.4. The van der Waals surface area contributed by atoms with Crippen LogP contribution in [-0.4, -0.2) is 24.8 Å². The average molecular weight is 328 g/mol. The fraction of sp³-hybridized carbons (Fsp3) is 0.588. The molecule has 0 aliphatic carbocycles. The van der Waals surface area contributed by atoms with Crippen LogP contribution >= 0.6 is 0 Å². The zero-order valence-corrected chi connectivity index (χ0v) is 14.4. The summed E-state index contributed by atoms with van der Waals surface area (Å²) < 4.78 is 31.5. The van der Waals surface area contributed by atoms with E-state index in [1.807, 2.05) is 13.8 Å². The van der Waals surface area contributed by atoms with Crippen LogP contribution in [0.5, 0.6) is 0 Å². The van der Waals surface area contributed by atoms with Crippen molar-refractivity contribution >= 4 is 11.8 Å². The van der Waals surface area contributed by atoms with E-state index in [1.54, 1.807) is 20.8 Å². The topological polar surface area (TPSA) is 50.4 Å². The molecule has 1 atom stereocenters. The van der Waals surface area contributed by atoms with Gasteiger partial charge in [-0.05, 0) is 44.7 Å². The van der Waals surface area contributed by atoms with Gasteiger partial charge in [0.25, 0.3) is 0 Å². The Hall–Kier alpha value is -1.85. The maximum atomic E-state index is 13.2. The Bertz CT molecular complexity index is 508. The third kappa shape index (κ3) is 7.81. The van der Waals surface area contributed by atoms with Gasteiger partial charge in [0, 0.05) is 24.8 Å². The summed E-state index contributed by atoms with van der Waals surface area (Å²) in [6, 6.07) is 3.30. The number of amides is 1. The number of halogens is 2. The van der Waals surface area contributed by atoms with Crippen molar-refractivity contribution < 1.29 is 18.3 Å². The van der Waals surface area contributed by atoms with E-state index in [-0.39, 0.29) is 11.8 Å². The number of hydrogen-bond acceptors (Lipinski definition) is 3. The highest BCUT2D eigenvalue weighted by Crippen LogP contribution is 2.16. The predicted molar refractivity (Wildman–Crippen MR) is 87.4 cm³/mol. The van der Waals surface area contributed by atoms with Crippen LogP contribution < -0.4 is 10.6 Å². The van der Waals surface area contributed by atoms with Crippen molar-refractivity contribution in [1.82, 2.24) is 5.32 Å². The molecule has 1 unspecified atom stereocenters. The number of carbonyl (C=O) groups excluding carboxylic acids is 1. The van der Waals surface area contributed by atoms with Crippen LogP contribution in [0.25, 0.3) is 0 Å². The first-order chi connectivity index (χ1) is 10.6. The van der Waals surface area contributed by atoms with Crippen molar-refractivity contribution in [3.05, 3.63) is 29.8 Å². The molecule has 0 heterocycles. The maximum Gasteiger partial charge on any atom is 0.407 e. The average Bonchev–Trinajstić information content (AvgIpc) is 2.34. The first-order valence-electron chi connectivity index (χ1n) is 7.73. The second kappa shape index (κ2) is 8.13. The summed E-state index contributed by atoms with van der Waals surface area (Å²) in [5, 5.41) is 5.74. The molecule has 1 rings (SSSR count). The molecule has 6 heteroatoms. The number of rotatable bonds is 6. The van der Waals surface area contributed by atoms with Crippen molar-refractivity contribution in [2.75, 3.05) is 18.4 Å². The van der Waals surface area contributed by atoms with Gasteiger partial charge in [-0.3, -0.25) is 0 Å². The third-order valence-electron chi connectivity index (χ3n) is 3.28. The minimum absolute atomic E-state index is 0.0915. The molecule has 130 valence electrons. The quantitative estimate of drug-likeness (QED) is 0.824. The summed E-state index contributed by atoms with van der Waals surface area (Å²) in [6.45, 7) is 10.3. The standard InChI is InChI=1S/C17H26F2N2O2/c1-11(2)12(10-21-16(22)23-17(3,4)5)9-20-15-7-13(18)6-14(19)8-15/h6-8,11-12,20H,9-10H2,1-5H3,(H,21,22). The van der Waals surface area contributed by atoms with Gasteiger partial charge in [-0.25, -0.2) is 13.6 Å². The van der Waals surface area contributed by atoms with E-state index < -0.39 is 23.3 Å². The zero-order chi connectivity index (χ0) is 17.6. The lowest BCUT2D eigenvalue weighted by atomic mass is 9.95. The molecule has 0 spiro atoms. The normalized spacial score (nSPS) is 12.9. The Morgan fingerprint density at radius 1 is 1.13 bits per heavy atom. The van der Waals surface area contributed by atoms with E-state index in [2.05, 4.69) is 10.6 Å². The lowest BCUT2D eigenvalue weighted by Gasteiger charge is -2.24. The summed E-state index contributed by atoms with van der Waals surface area (Å²) in [7, 11) is 0. The Morgan fingerprint density at radius 3 is 2.17 bits per heavy atom. The summed E-state index contributed by atoms with van der Waals surface area (Å²) >= 11 is 0. The van der Waals surface area contributed by atoms with Gasteiger partial charge in [-0.1, -0.05) is 13.8 Å². The smallest absolute Gasteiger partial charge is 0.407 e. The largest absolute Gasteiger partial charge is 0.444 e. The molecule has 0 aliphatic heterocycles. The molecular formula is C17H26F2N2O2. The van der Waals surface area contributed by atoms with E-state index in [0.29, 0.717) is 18.8 Å². The number of alkyl carbamates (subject to hydrolysis) is 1. The second-order valence-electron chi connectivity index (χ2n) is 6.93. The number of hydrogen-bond donors (Lipinski definition) is 2. The van der Waals surface area contributed by atoms with Crippen LogP contribution in [0.15, 0.2) is 18.2 Å². The molecule has 23 heavy (non-hydrogen) atoms. The fourth-order valence-electron chi connectivity index (χ4n) is 1.98. The summed E-state index contributed by atoms with van der Waals surface area (Å²) in [6.07, 6.45) is -0.472. The minimum Gasteiger partial charge on any atom is -0.444 e. The van der Waals surface area contributed by atoms with Gasteiger partial charge in [-0.15, -0.1) is 0 Å². The molecule has 4 nitrogen and oxygen atoms in total. The number of anilines is 1. The maximum absolute atomic E-state index is 13.2. The van der Waals surface area contributed by atoms with Crippen LogP contribution in [0.2, 0.25) is 0 Å². The molecule has 0 fully saturated rings. The van der Waals surface area contributed by atoms with E-state index in [1.165, 1.54) is 12.1 Å². The van der Waals surface area contributed by atoms with Crippen LogP contribution in [0, 0.1) is 23.5 Å². The number of nitrogens with one attached hydrogen (secondary N) is 2. The van der Waals surface area contributed by atoms with Gasteiger partial charge in [0.2, 0.25) is 0 Å². The number of carbonyl (C=O) groups is 1. The Kier molecular flexibility index (Phi) is 6.79. The molecule has 0 bridgehead atoms. The predicted octanol–water partition coefficient (Wildman–Crippen LogP) is 4.17. The highest BCUT2D eigenvalue weighted by molar-refractivity contribution is 5.67. The van der Waals surface area contributed by atoms with Crippen molar-refractivity contribution in [2.45, 2.75) is 40.2 Å². The highest BCUT2D eigenvalue weighted by Gasteiger charge is 2.19. The molecule has 1 aromatic carbocycles. The minimum atomic E-state index is -0.625. The third-order valence-corrected chi connectivity index (χ3v) is 3.28. The molecule has 0 saturated heterocycles. The molecule has 2 N–H and O–H groups in total. The molecule has 1 amide bonds. The molecule has 0 aliphatic rings. The summed E-state index contributed by atoms with van der Waals surface area (Å²) in [5.74, 6) is -0.884. The lowest BCUT2D eigenvalue weighted by molar-refractivity contribution is 0.0516. The summed E-state index contributed by atoms with van der Waals surface area (Å²) in [4.78, 5) is 11.7. The van der Waals surface area contributed by atoms with E-state index >= 15 is 0 Å². The van der Waals surface area contributed by atoms with Gasteiger partial charge in [0.1, 0.15) is 17.2 Å². The number of ether oxygens (including phenoxy) is 1. The van der Waals surface area contributed by atoms with Gasteiger partial charge >= 0.3 is 6.09 Å². The monoisotopic (exact) mass is 328 g/mol. The van der Waals surface area contributed by atoms with E-state index in [4.69, 9.17) is 4.74 Å². The van der Waals surface area contributed by atoms with Crippen LogP contribution in [0.3, 0.4) is 0 Å². The van der Waals surface area contributed by atoms with Gasteiger partial charge in [0.15, 0.2) is 0 Å². The van der Waals surface area contributed by atoms with Crippen molar-refractivity contribution in [2.24, 2.45) is 11.8 Å². The molecule has 1 aromatic rings. The Labute approximate surface area is 136 Å². The van der Waals surface area contributed by atoms with Crippen molar-refractivity contribution in [3.63, 3.8) is 0 Å². The molecule has 0 saturated carbocycles. The van der Waals surface area contributed by atoms with E-state index in [9.17, 15) is 13.6 Å². The highest BCUT2D eigenvalue weighted by atomic mass is 19.1. The van der Waals surface area contributed by atoms with Gasteiger partial charge in [-0.2, -0.15) is 0 Å². The first-order valence-corrected chi connectivity index (χ1v) is 7.73. The fourth-order valence-corrected chi connectivity index (χ4v) is 1.98. The Balaban J connectivity index is 2.54.